The molecule has 7 heteroatoms. The number of aromatic nitrogens is 2. The maximum atomic E-state index is 11.6. The second-order valence-corrected chi connectivity index (χ2v) is 6.70. The smallest absolute Gasteiger partial charge is 0.238 e. The van der Waals surface area contributed by atoms with Gasteiger partial charge in [-0.3, -0.25) is 0 Å². The van der Waals surface area contributed by atoms with E-state index in [9.17, 15) is 8.42 Å². The van der Waals surface area contributed by atoms with Crippen molar-refractivity contribution in [3.05, 3.63) is 35.7 Å². The summed E-state index contributed by atoms with van der Waals surface area (Å²) in [6, 6.07) is 5.03. The molecule has 0 saturated heterocycles. The Morgan fingerprint density at radius 3 is 2.65 bits per heavy atom. The average molecular weight is 292 g/mol. The van der Waals surface area contributed by atoms with Crippen molar-refractivity contribution in [2.45, 2.75) is 30.6 Å². The highest BCUT2D eigenvalue weighted by Gasteiger charge is 2.26. The standard InChI is InChI=1S/C13H16N4O2S/c1-8-12(6-10(14)7-13(8)20(15,18)19)17-5-4-11(16-17)9-2-3-9/h4-7,9H,2-3,14H2,1H3,(H2,15,18,19). The van der Waals surface area contributed by atoms with Crippen molar-refractivity contribution in [3.8, 4) is 5.69 Å². The SMILES string of the molecule is Cc1c(-n2ccc(C3CC3)n2)cc(N)cc1S(N)(=O)=O. The number of nitrogens with two attached hydrogens (primary N) is 2. The van der Waals surface area contributed by atoms with Crippen LogP contribution in [0.1, 0.15) is 30.0 Å². The molecule has 1 heterocycles. The van der Waals surface area contributed by atoms with Gasteiger partial charge in [0.15, 0.2) is 0 Å². The van der Waals surface area contributed by atoms with Gasteiger partial charge < -0.3 is 5.73 Å². The van der Waals surface area contributed by atoms with E-state index in [0.29, 0.717) is 22.9 Å². The van der Waals surface area contributed by atoms with Gasteiger partial charge in [0, 0.05) is 17.8 Å². The molecule has 0 aliphatic heterocycles. The normalized spacial score (nSPS) is 15.5. The van der Waals surface area contributed by atoms with Crippen molar-refractivity contribution in [1.29, 1.82) is 0 Å². The van der Waals surface area contributed by atoms with Crippen LogP contribution in [0.15, 0.2) is 29.3 Å². The van der Waals surface area contributed by atoms with Gasteiger partial charge in [0.25, 0.3) is 0 Å². The molecule has 4 N–H and O–H groups in total. The second kappa shape index (κ2) is 4.32. The van der Waals surface area contributed by atoms with Crippen LogP contribution >= 0.6 is 0 Å². The van der Waals surface area contributed by atoms with Crippen molar-refractivity contribution in [1.82, 2.24) is 9.78 Å². The summed E-state index contributed by atoms with van der Waals surface area (Å²) >= 11 is 0. The zero-order valence-corrected chi connectivity index (χ0v) is 11.9. The van der Waals surface area contributed by atoms with Gasteiger partial charge in [-0.2, -0.15) is 5.10 Å². The van der Waals surface area contributed by atoms with E-state index in [1.165, 1.54) is 6.07 Å². The maximum absolute atomic E-state index is 11.6. The zero-order chi connectivity index (χ0) is 14.5. The van der Waals surface area contributed by atoms with Crippen molar-refractivity contribution in [3.63, 3.8) is 0 Å². The Kier molecular flexibility index (Phi) is 2.84. The van der Waals surface area contributed by atoms with E-state index in [0.717, 1.165) is 18.5 Å². The molecule has 0 unspecified atom stereocenters. The zero-order valence-electron chi connectivity index (χ0n) is 11.1. The van der Waals surface area contributed by atoms with Gasteiger partial charge in [0.05, 0.1) is 16.3 Å². The molecule has 3 rings (SSSR count). The van der Waals surface area contributed by atoms with Crippen LogP contribution < -0.4 is 10.9 Å². The minimum Gasteiger partial charge on any atom is -0.399 e. The Hall–Kier alpha value is -1.86. The van der Waals surface area contributed by atoms with Crippen molar-refractivity contribution < 1.29 is 8.42 Å². The highest BCUT2D eigenvalue weighted by atomic mass is 32.2. The topological polar surface area (TPSA) is 104 Å². The molecule has 0 atom stereocenters. The maximum Gasteiger partial charge on any atom is 0.238 e. The molecule has 0 spiro atoms. The third-order valence-electron chi connectivity index (χ3n) is 3.51. The average Bonchev–Trinajstić information content (AvgIpc) is 3.09. The summed E-state index contributed by atoms with van der Waals surface area (Å²) in [6.45, 7) is 1.70. The summed E-state index contributed by atoms with van der Waals surface area (Å²) in [5, 5.41) is 9.72. The highest BCUT2D eigenvalue weighted by Crippen LogP contribution is 2.39. The summed E-state index contributed by atoms with van der Waals surface area (Å²) in [7, 11) is -3.80. The predicted octanol–water partition coefficient (Wildman–Crippen LogP) is 1.29. The van der Waals surface area contributed by atoms with Gasteiger partial charge in [-0.25, -0.2) is 18.2 Å². The third kappa shape index (κ3) is 2.30. The lowest BCUT2D eigenvalue weighted by Crippen LogP contribution is -2.15. The quantitative estimate of drug-likeness (QED) is 0.832. The summed E-state index contributed by atoms with van der Waals surface area (Å²) in [5.74, 6) is 0.537. The first-order valence-electron chi connectivity index (χ1n) is 6.35. The van der Waals surface area contributed by atoms with E-state index in [-0.39, 0.29) is 4.90 Å². The predicted molar refractivity (Wildman–Crippen MR) is 76.1 cm³/mol. The lowest BCUT2D eigenvalue weighted by Gasteiger charge is -2.11. The van der Waals surface area contributed by atoms with E-state index in [2.05, 4.69) is 5.10 Å². The van der Waals surface area contributed by atoms with E-state index < -0.39 is 10.0 Å². The number of anilines is 1. The lowest BCUT2D eigenvalue weighted by atomic mass is 10.2. The van der Waals surface area contributed by atoms with Gasteiger partial charge in [-0.1, -0.05) is 0 Å². The number of nitrogens with zero attached hydrogens (tertiary/aromatic N) is 2. The number of hydrogen-bond donors (Lipinski definition) is 2. The molecule has 1 fully saturated rings. The molecule has 1 aliphatic rings. The molecular formula is C13H16N4O2S. The minimum absolute atomic E-state index is 0.0379. The number of nitrogen functional groups attached to an aromatic ring is 1. The fourth-order valence-electron chi connectivity index (χ4n) is 2.30. The van der Waals surface area contributed by atoms with Crippen LogP contribution in [-0.4, -0.2) is 18.2 Å². The van der Waals surface area contributed by atoms with Gasteiger partial charge in [-0.05, 0) is 43.5 Å². The third-order valence-corrected chi connectivity index (χ3v) is 4.55. The van der Waals surface area contributed by atoms with Gasteiger partial charge in [0.1, 0.15) is 0 Å². The van der Waals surface area contributed by atoms with Crippen LogP contribution in [0.3, 0.4) is 0 Å². The van der Waals surface area contributed by atoms with Crippen LogP contribution in [0.4, 0.5) is 5.69 Å². The summed E-state index contributed by atoms with van der Waals surface area (Å²) in [4.78, 5) is 0.0379. The summed E-state index contributed by atoms with van der Waals surface area (Å²) in [5.41, 5.74) is 8.35. The molecule has 1 aromatic heterocycles. The number of rotatable bonds is 3. The van der Waals surface area contributed by atoms with Crippen molar-refractivity contribution in [2.75, 3.05) is 5.73 Å². The van der Waals surface area contributed by atoms with E-state index >= 15 is 0 Å². The molecule has 2 aromatic rings. The van der Waals surface area contributed by atoms with E-state index in [1.54, 1.807) is 17.7 Å². The van der Waals surface area contributed by atoms with Gasteiger partial charge in [0.2, 0.25) is 10.0 Å². The van der Waals surface area contributed by atoms with Crippen molar-refractivity contribution >= 4 is 15.7 Å². The van der Waals surface area contributed by atoms with Crippen LogP contribution in [0, 0.1) is 6.92 Å². The summed E-state index contributed by atoms with van der Waals surface area (Å²) in [6.07, 6.45) is 4.15. The summed E-state index contributed by atoms with van der Waals surface area (Å²) < 4.78 is 24.9. The van der Waals surface area contributed by atoms with Gasteiger partial charge in [-0.15, -0.1) is 0 Å². The first-order valence-corrected chi connectivity index (χ1v) is 7.90. The Bertz CT molecular complexity index is 776. The Labute approximate surface area is 117 Å². The molecule has 1 saturated carbocycles. The number of primary sulfonamides is 1. The minimum atomic E-state index is -3.80. The Morgan fingerprint density at radius 2 is 2.05 bits per heavy atom. The van der Waals surface area contributed by atoms with E-state index in [1.807, 2.05) is 12.3 Å². The molecule has 106 valence electrons. The fraction of sp³-hybridized carbons (Fsp3) is 0.308. The molecule has 20 heavy (non-hydrogen) atoms. The molecule has 0 radical (unpaired) electrons. The van der Waals surface area contributed by atoms with E-state index in [4.69, 9.17) is 10.9 Å². The van der Waals surface area contributed by atoms with Crippen LogP contribution in [0.25, 0.3) is 5.69 Å². The first-order chi connectivity index (χ1) is 9.36. The van der Waals surface area contributed by atoms with Crippen LogP contribution in [0.5, 0.6) is 0 Å². The number of sulfonamides is 1. The molecular weight excluding hydrogens is 276 g/mol. The van der Waals surface area contributed by atoms with Crippen molar-refractivity contribution in [2.24, 2.45) is 5.14 Å². The van der Waals surface area contributed by atoms with Gasteiger partial charge >= 0.3 is 0 Å². The molecule has 1 aliphatic carbocycles. The number of hydrogen-bond acceptors (Lipinski definition) is 4. The monoisotopic (exact) mass is 292 g/mol. The molecule has 1 aromatic carbocycles. The Morgan fingerprint density at radius 1 is 1.35 bits per heavy atom. The Balaban J connectivity index is 2.14. The lowest BCUT2D eigenvalue weighted by molar-refractivity contribution is 0.597. The first kappa shape index (κ1) is 13.1. The molecule has 0 bridgehead atoms. The number of benzene rings is 1. The largest absolute Gasteiger partial charge is 0.399 e. The van der Waals surface area contributed by atoms with Crippen LogP contribution in [-0.2, 0) is 10.0 Å². The molecule has 0 amide bonds. The van der Waals surface area contributed by atoms with Crippen LogP contribution in [0.2, 0.25) is 0 Å². The molecule has 6 nitrogen and oxygen atoms in total. The second-order valence-electron chi connectivity index (χ2n) is 5.17. The highest BCUT2D eigenvalue weighted by molar-refractivity contribution is 7.89. The fourth-order valence-corrected chi connectivity index (χ4v) is 3.13.